The van der Waals surface area contributed by atoms with E-state index in [4.69, 9.17) is 15.2 Å². The third-order valence-corrected chi connectivity index (χ3v) is 4.71. The number of rotatable bonds is 4. The second-order valence-electron chi connectivity index (χ2n) is 6.67. The molecule has 1 N–H and O–H groups in total. The molecule has 0 saturated carbocycles. The Bertz CT molecular complexity index is 939. The summed E-state index contributed by atoms with van der Waals surface area (Å²) in [4.78, 5) is 11.9. The molecule has 0 aliphatic carbocycles. The Morgan fingerprint density at radius 1 is 0.889 bits per heavy atom. The Hall–Kier alpha value is -3.39. The number of nitriles is 1. The van der Waals surface area contributed by atoms with Gasteiger partial charge in [0, 0.05) is 30.4 Å². The summed E-state index contributed by atoms with van der Waals surface area (Å²) in [5.74, 6) is 1.53. The van der Waals surface area contributed by atoms with Crippen LogP contribution in [-0.2, 0) is 0 Å². The van der Waals surface area contributed by atoms with Gasteiger partial charge in [-0.1, -0.05) is 30.3 Å². The Morgan fingerprint density at radius 3 is 2.33 bits per heavy atom. The summed E-state index contributed by atoms with van der Waals surface area (Å²) in [5, 5.41) is 12.3. The Labute approximate surface area is 159 Å². The van der Waals surface area contributed by atoms with Gasteiger partial charge in [-0.15, -0.1) is 0 Å². The molecule has 3 aromatic rings. The molecule has 27 heavy (non-hydrogen) atoms. The topological polar surface area (TPSA) is 64.8 Å². The van der Waals surface area contributed by atoms with Crippen LogP contribution in [0.25, 0.3) is 11.3 Å². The third kappa shape index (κ3) is 4.06. The number of anilines is 3. The van der Waals surface area contributed by atoms with E-state index in [9.17, 15) is 0 Å². The van der Waals surface area contributed by atoms with Crippen LogP contribution in [0, 0.1) is 11.3 Å². The zero-order valence-electron chi connectivity index (χ0n) is 15.1. The largest absolute Gasteiger partial charge is 0.341 e. The van der Waals surface area contributed by atoms with Gasteiger partial charge in [0.2, 0.25) is 5.95 Å². The van der Waals surface area contributed by atoms with Crippen molar-refractivity contribution in [2.75, 3.05) is 23.3 Å². The summed E-state index contributed by atoms with van der Waals surface area (Å²) in [6.07, 6.45) is 3.62. The SMILES string of the molecule is N#Cc1ccc(Nc2cc(-c3ccccc3)nc(N3CCCCC3)n2)cc1. The minimum Gasteiger partial charge on any atom is -0.341 e. The van der Waals surface area contributed by atoms with Gasteiger partial charge >= 0.3 is 0 Å². The molecule has 1 aromatic heterocycles. The first-order valence-corrected chi connectivity index (χ1v) is 9.28. The lowest BCUT2D eigenvalue weighted by Gasteiger charge is -2.27. The lowest BCUT2D eigenvalue weighted by Crippen LogP contribution is -2.31. The minimum atomic E-state index is 0.641. The quantitative estimate of drug-likeness (QED) is 0.732. The van der Waals surface area contributed by atoms with Crippen LogP contribution in [0.2, 0.25) is 0 Å². The van der Waals surface area contributed by atoms with Gasteiger partial charge in [0.05, 0.1) is 17.3 Å². The lowest BCUT2D eigenvalue weighted by molar-refractivity contribution is 0.568. The normalized spacial score (nSPS) is 13.8. The van der Waals surface area contributed by atoms with Crippen molar-refractivity contribution in [2.24, 2.45) is 0 Å². The van der Waals surface area contributed by atoms with Crippen molar-refractivity contribution in [1.82, 2.24) is 9.97 Å². The van der Waals surface area contributed by atoms with Crippen LogP contribution in [0.3, 0.4) is 0 Å². The predicted octanol–water partition coefficient (Wildman–Crippen LogP) is 4.75. The molecule has 0 unspecified atom stereocenters. The fourth-order valence-corrected chi connectivity index (χ4v) is 3.27. The van der Waals surface area contributed by atoms with Crippen molar-refractivity contribution >= 4 is 17.5 Å². The van der Waals surface area contributed by atoms with Crippen LogP contribution in [0.1, 0.15) is 24.8 Å². The monoisotopic (exact) mass is 355 g/mol. The Kier molecular flexibility index (Phi) is 4.97. The summed E-state index contributed by atoms with van der Waals surface area (Å²) in [5.41, 5.74) is 3.52. The zero-order valence-corrected chi connectivity index (χ0v) is 15.1. The first-order valence-electron chi connectivity index (χ1n) is 9.28. The number of hydrogen-bond acceptors (Lipinski definition) is 5. The summed E-state index contributed by atoms with van der Waals surface area (Å²) in [6, 6.07) is 21.7. The predicted molar refractivity (Wildman–Crippen MR) is 108 cm³/mol. The van der Waals surface area contributed by atoms with E-state index in [-0.39, 0.29) is 0 Å². The van der Waals surface area contributed by atoms with E-state index < -0.39 is 0 Å². The van der Waals surface area contributed by atoms with Crippen LogP contribution >= 0.6 is 0 Å². The van der Waals surface area contributed by atoms with E-state index in [1.54, 1.807) is 12.1 Å². The molecule has 0 amide bonds. The molecule has 1 fully saturated rings. The fraction of sp³-hybridized carbons (Fsp3) is 0.227. The molecule has 0 bridgehead atoms. The van der Waals surface area contributed by atoms with Gasteiger partial charge < -0.3 is 10.2 Å². The van der Waals surface area contributed by atoms with Gasteiger partial charge in [0.25, 0.3) is 0 Å². The minimum absolute atomic E-state index is 0.641. The highest BCUT2D eigenvalue weighted by molar-refractivity contribution is 5.67. The van der Waals surface area contributed by atoms with Gasteiger partial charge in [0.1, 0.15) is 5.82 Å². The number of nitrogens with zero attached hydrogens (tertiary/aromatic N) is 4. The summed E-state index contributed by atoms with van der Waals surface area (Å²) < 4.78 is 0. The molecule has 5 nitrogen and oxygen atoms in total. The summed E-state index contributed by atoms with van der Waals surface area (Å²) in [7, 11) is 0. The van der Waals surface area contributed by atoms with E-state index in [0.717, 1.165) is 41.8 Å². The molecular weight excluding hydrogens is 334 g/mol. The number of piperidine rings is 1. The Balaban J connectivity index is 1.69. The molecule has 0 spiro atoms. The van der Waals surface area contributed by atoms with E-state index in [2.05, 4.69) is 28.4 Å². The van der Waals surface area contributed by atoms with E-state index >= 15 is 0 Å². The van der Waals surface area contributed by atoms with Crippen molar-refractivity contribution < 1.29 is 0 Å². The standard InChI is InChI=1S/C22H21N5/c23-16-17-9-11-19(12-10-17)24-21-15-20(18-7-3-1-4-8-18)25-22(26-21)27-13-5-2-6-14-27/h1,3-4,7-12,15H,2,5-6,13-14H2,(H,24,25,26). The molecule has 5 heteroatoms. The van der Waals surface area contributed by atoms with Crippen LogP contribution < -0.4 is 10.2 Å². The molecule has 1 aliphatic rings. The molecule has 0 atom stereocenters. The van der Waals surface area contributed by atoms with Crippen LogP contribution in [-0.4, -0.2) is 23.1 Å². The maximum atomic E-state index is 8.96. The van der Waals surface area contributed by atoms with Crippen molar-refractivity contribution in [2.45, 2.75) is 19.3 Å². The van der Waals surface area contributed by atoms with Gasteiger partial charge in [-0.25, -0.2) is 4.98 Å². The highest BCUT2D eigenvalue weighted by atomic mass is 15.3. The number of hydrogen-bond donors (Lipinski definition) is 1. The molecule has 1 aliphatic heterocycles. The van der Waals surface area contributed by atoms with E-state index in [1.165, 1.54) is 19.3 Å². The van der Waals surface area contributed by atoms with Gasteiger partial charge in [-0.3, -0.25) is 0 Å². The average Bonchev–Trinajstić information content (AvgIpc) is 2.75. The molecule has 1 saturated heterocycles. The van der Waals surface area contributed by atoms with Gasteiger partial charge in [-0.05, 0) is 43.5 Å². The van der Waals surface area contributed by atoms with Crippen molar-refractivity contribution in [1.29, 1.82) is 5.26 Å². The van der Waals surface area contributed by atoms with Crippen LogP contribution in [0.4, 0.5) is 17.5 Å². The smallest absolute Gasteiger partial charge is 0.227 e. The third-order valence-electron chi connectivity index (χ3n) is 4.71. The molecule has 0 radical (unpaired) electrons. The number of aromatic nitrogens is 2. The highest BCUT2D eigenvalue weighted by Crippen LogP contribution is 2.26. The zero-order chi connectivity index (χ0) is 18.5. The summed E-state index contributed by atoms with van der Waals surface area (Å²) >= 11 is 0. The van der Waals surface area contributed by atoms with Gasteiger partial charge in [0.15, 0.2) is 0 Å². The van der Waals surface area contributed by atoms with Crippen LogP contribution in [0.5, 0.6) is 0 Å². The highest BCUT2D eigenvalue weighted by Gasteiger charge is 2.16. The molecule has 2 aromatic carbocycles. The molecule has 2 heterocycles. The second-order valence-corrected chi connectivity index (χ2v) is 6.67. The Morgan fingerprint density at radius 2 is 1.63 bits per heavy atom. The molecule has 4 rings (SSSR count). The van der Waals surface area contributed by atoms with Crippen molar-refractivity contribution in [3.8, 4) is 17.3 Å². The average molecular weight is 355 g/mol. The number of nitrogens with one attached hydrogen (secondary N) is 1. The second kappa shape index (κ2) is 7.88. The molecule has 134 valence electrons. The van der Waals surface area contributed by atoms with E-state index in [0.29, 0.717) is 5.56 Å². The van der Waals surface area contributed by atoms with Crippen molar-refractivity contribution in [3.05, 3.63) is 66.2 Å². The fourth-order valence-electron chi connectivity index (χ4n) is 3.27. The van der Waals surface area contributed by atoms with Gasteiger partial charge in [-0.2, -0.15) is 10.2 Å². The summed E-state index contributed by atoms with van der Waals surface area (Å²) in [6.45, 7) is 1.99. The maximum absolute atomic E-state index is 8.96. The van der Waals surface area contributed by atoms with E-state index in [1.807, 2.05) is 36.4 Å². The first kappa shape index (κ1) is 17.0. The number of benzene rings is 2. The maximum Gasteiger partial charge on any atom is 0.227 e. The lowest BCUT2D eigenvalue weighted by atomic mass is 10.1. The van der Waals surface area contributed by atoms with Crippen molar-refractivity contribution in [3.63, 3.8) is 0 Å². The van der Waals surface area contributed by atoms with Crippen LogP contribution in [0.15, 0.2) is 60.7 Å². The molecular formula is C22H21N5. The first-order chi connectivity index (χ1) is 13.3.